The number of aromatic nitrogens is 2. The van der Waals surface area contributed by atoms with Crippen LogP contribution in [0.15, 0.2) is 83.9 Å². The highest BCUT2D eigenvalue weighted by atomic mass is 35.5. The molecule has 0 aliphatic heterocycles. The summed E-state index contributed by atoms with van der Waals surface area (Å²) in [7, 11) is -3.87. The average molecular weight is 471 g/mol. The number of H-pyrrole nitrogens is 1. The van der Waals surface area contributed by atoms with Crippen LogP contribution in [-0.2, 0) is 10.0 Å². The van der Waals surface area contributed by atoms with Gasteiger partial charge in [0, 0.05) is 22.0 Å². The second-order valence-corrected chi connectivity index (χ2v) is 8.88. The number of nitrogens with zero attached hydrogens (tertiary/aromatic N) is 1. The van der Waals surface area contributed by atoms with Gasteiger partial charge in [-0.2, -0.15) is 5.10 Å². The molecule has 7 nitrogen and oxygen atoms in total. The molecule has 4 aromatic rings. The van der Waals surface area contributed by atoms with Crippen molar-refractivity contribution in [1.82, 2.24) is 10.2 Å². The predicted molar refractivity (Wildman–Crippen MR) is 121 cm³/mol. The van der Waals surface area contributed by atoms with Crippen LogP contribution in [0.25, 0.3) is 11.3 Å². The zero-order chi connectivity index (χ0) is 22.7. The number of sulfonamides is 1. The maximum absolute atomic E-state index is 13.0. The largest absolute Gasteiger partial charge is 0.322 e. The number of hydrogen-bond acceptors (Lipinski definition) is 4. The summed E-state index contributed by atoms with van der Waals surface area (Å²) in [4.78, 5) is 12.7. The minimum Gasteiger partial charge on any atom is -0.322 e. The van der Waals surface area contributed by atoms with Crippen LogP contribution < -0.4 is 10.0 Å². The first kappa shape index (κ1) is 21.5. The Morgan fingerprint density at radius 3 is 2.19 bits per heavy atom. The van der Waals surface area contributed by atoms with Crippen molar-refractivity contribution in [1.29, 1.82) is 0 Å². The number of aromatic amines is 1. The zero-order valence-corrected chi connectivity index (χ0v) is 17.9. The molecule has 32 heavy (non-hydrogen) atoms. The van der Waals surface area contributed by atoms with Gasteiger partial charge in [-0.05, 0) is 60.7 Å². The van der Waals surface area contributed by atoms with Gasteiger partial charge in [0.05, 0.1) is 22.3 Å². The molecular weight excluding hydrogens is 455 g/mol. The molecule has 0 saturated heterocycles. The number of rotatable bonds is 6. The van der Waals surface area contributed by atoms with E-state index < -0.39 is 15.8 Å². The topological polar surface area (TPSA) is 104 Å². The molecular formula is C22H16ClFN4O3S. The molecule has 3 N–H and O–H groups in total. The highest BCUT2D eigenvalue weighted by Crippen LogP contribution is 2.24. The van der Waals surface area contributed by atoms with Crippen LogP contribution in [0.1, 0.15) is 10.4 Å². The Balaban J connectivity index is 1.46. The fourth-order valence-electron chi connectivity index (χ4n) is 2.94. The first-order valence-electron chi connectivity index (χ1n) is 9.31. The standard InChI is InChI=1S/C22H16ClFN4O3S/c23-15-3-1-14(2-4-15)21-20(13-25-27-21)22(29)26-17-7-9-18(10-8-17)28-32(30,31)19-11-5-16(24)6-12-19/h1-13,28H,(H,25,27)(H,26,29). The van der Waals surface area contributed by atoms with Crippen molar-refractivity contribution >= 4 is 38.9 Å². The molecule has 0 radical (unpaired) electrons. The molecule has 1 heterocycles. The molecule has 0 fully saturated rings. The van der Waals surface area contributed by atoms with E-state index in [2.05, 4.69) is 20.2 Å². The van der Waals surface area contributed by atoms with Crippen molar-refractivity contribution in [2.75, 3.05) is 10.0 Å². The molecule has 10 heteroatoms. The van der Waals surface area contributed by atoms with Gasteiger partial charge in [0.2, 0.25) is 0 Å². The number of carbonyl (C=O) groups excluding carboxylic acids is 1. The summed E-state index contributed by atoms with van der Waals surface area (Å²) < 4.78 is 40.2. The normalized spacial score (nSPS) is 11.2. The summed E-state index contributed by atoms with van der Waals surface area (Å²) in [5, 5.41) is 10.1. The molecule has 1 amide bonds. The monoisotopic (exact) mass is 470 g/mol. The summed E-state index contributed by atoms with van der Waals surface area (Å²) in [6.07, 6.45) is 1.42. The Labute approximate surface area is 188 Å². The average Bonchev–Trinajstić information content (AvgIpc) is 3.26. The van der Waals surface area contributed by atoms with Gasteiger partial charge in [-0.25, -0.2) is 12.8 Å². The van der Waals surface area contributed by atoms with E-state index in [1.54, 1.807) is 36.4 Å². The number of nitrogens with one attached hydrogen (secondary N) is 3. The molecule has 162 valence electrons. The van der Waals surface area contributed by atoms with Crippen LogP contribution in [0, 0.1) is 5.82 Å². The van der Waals surface area contributed by atoms with E-state index in [0.29, 0.717) is 22.0 Å². The molecule has 4 rings (SSSR count). The second-order valence-electron chi connectivity index (χ2n) is 6.76. The lowest BCUT2D eigenvalue weighted by molar-refractivity contribution is 0.102. The van der Waals surface area contributed by atoms with Crippen LogP contribution >= 0.6 is 11.6 Å². The number of hydrogen-bond donors (Lipinski definition) is 3. The van der Waals surface area contributed by atoms with Gasteiger partial charge < -0.3 is 5.32 Å². The van der Waals surface area contributed by atoms with Gasteiger partial charge in [-0.15, -0.1) is 0 Å². The van der Waals surface area contributed by atoms with Crippen LogP contribution in [-0.4, -0.2) is 24.5 Å². The quantitative estimate of drug-likeness (QED) is 0.372. The van der Waals surface area contributed by atoms with Crippen molar-refractivity contribution in [3.05, 3.63) is 95.4 Å². The fraction of sp³-hybridized carbons (Fsp3) is 0. The van der Waals surface area contributed by atoms with E-state index in [1.165, 1.54) is 30.5 Å². The molecule has 0 atom stereocenters. The Morgan fingerprint density at radius 2 is 1.53 bits per heavy atom. The Bertz CT molecular complexity index is 1350. The lowest BCUT2D eigenvalue weighted by atomic mass is 10.1. The predicted octanol–water partition coefficient (Wildman–Crippen LogP) is 4.92. The fourth-order valence-corrected chi connectivity index (χ4v) is 4.13. The van der Waals surface area contributed by atoms with E-state index in [0.717, 1.165) is 17.7 Å². The molecule has 1 aromatic heterocycles. The number of anilines is 2. The van der Waals surface area contributed by atoms with Gasteiger partial charge in [0.15, 0.2) is 0 Å². The number of benzene rings is 3. The van der Waals surface area contributed by atoms with Crippen LogP contribution in [0.5, 0.6) is 0 Å². The summed E-state index contributed by atoms with van der Waals surface area (Å²) in [6.45, 7) is 0. The van der Waals surface area contributed by atoms with Crippen molar-refractivity contribution in [3.8, 4) is 11.3 Å². The van der Waals surface area contributed by atoms with E-state index in [4.69, 9.17) is 11.6 Å². The third kappa shape index (κ3) is 4.79. The molecule has 0 aliphatic carbocycles. The first-order valence-corrected chi connectivity index (χ1v) is 11.2. The first-order chi connectivity index (χ1) is 15.3. The highest BCUT2D eigenvalue weighted by molar-refractivity contribution is 7.92. The number of amides is 1. The Morgan fingerprint density at radius 1 is 0.906 bits per heavy atom. The zero-order valence-electron chi connectivity index (χ0n) is 16.3. The minimum atomic E-state index is -3.87. The van der Waals surface area contributed by atoms with Gasteiger partial charge in [0.1, 0.15) is 5.82 Å². The summed E-state index contributed by atoms with van der Waals surface area (Å²) in [5.41, 5.74) is 2.39. The van der Waals surface area contributed by atoms with Crippen molar-refractivity contribution in [2.45, 2.75) is 4.90 Å². The summed E-state index contributed by atoms with van der Waals surface area (Å²) in [5.74, 6) is -0.913. The Hall–Kier alpha value is -3.69. The van der Waals surface area contributed by atoms with E-state index >= 15 is 0 Å². The third-order valence-electron chi connectivity index (χ3n) is 4.54. The summed E-state index contributed by atoms with van der Waals surface area (Å²) >= 11 is 5.91. The van der Waals surface area contributed by atoms with Gasteiger partial charge in [-0.3, -0.25) is 14.6 Å². The third-order valence-corrected chi connectivity index (χ3v) is 6.18. The number of halogens is 2. The van der Waals surface area contributed by atoms with Gasteiger partial charge >= 0.3 is 0 Å². The van der Waals surface area contributed by atoms with Crippen LogP contribution in [0.4, 0.5) is 15.8 Å². The summed E-state index contributed by atoms with van der Waals surface area (Å²) in [6, 6.07) is 17.6. The van der Waals surface area contributed by atoms with Crippen molar-refractivity contribution < 1.29 is 17.6 Å². The molecule has 0 bridgehead atoms. The minimum absolute atomic E-state index is 0.0639. The van der Waals surface area contributed by atoms with E-state index in [9.17, 15) is 17.6 Å². The van der Waals surface area contributed by atoms with Crippen molar-refractivity contribution in [3.63, 3.8) is 0 Å². The van der Waals surface area contributed by atoms with E-state index in [-0.39, 0.29) is 16.5 Å². The molecule has 0 saturated carbocycles. The second kappa shape index (κ2) is 8.81. The molecule has 0 unspecified atom stereocenters. The smallest absolute Gasteiger partial charge is 0.261 e. The maximum Gasteiger partial charge on any atom is 0.261 e. The Kier molecular flexibility index (Phi) is 5.93. The molecule has 0 aliphatic rings. The lowest BCUT2D eigenvalue weighted by Gasteiger charge is -2.10. The van der Waals surface area contributed by atoms with E-state index in [1.807, 2.05) is 0 Å². The number of carbonyl (C=O) groups is 1. The highest BCUT2D eigenvalue weighted by Gasteiger charge is 2.17. The SMILES string of the molecule is O=C(Nc1ccc(NS(=O)(=O)c2ccc(F)cc2)cc1)c1cn[nH]c1-c1ccc(Cl)cc1. The maximum atomic E-state index is 13.0. The lowest BCUT2D eigenvalue weighted by Crippen LogP contribution is -2.14. The molecule has 0 spiro atoms. The van der Waals surface area contributed by atoms with Crippen LogP contribution in [0.2, 0.25) is 5.02 Å². The van der Waals surface area contributed by atoms with Crippen LogP contribution in [0.3, 0.4) is 0 Å². The molecule has 3 aromatic carbocycles. The van der Waals surface area contributed by atoms with Gasteiger partial charge in [0.25, 0.3) is 15.9 Å². The van der Waals surface area contributed by atoms with Gasteiger partial charge in [-0.1, -0.05) is 23.7 Å². The van der Waals surface area contributed by atoms with Crippen molar-refractivity contribution in [2.24, 2.45) is 0 Å².